The summed E-state index contributed by atoms with van der Waals surface area (Å²) in [5.74, 6) is 2.97. The minimum Gasteiger partial charge on any atom is -0.356 e. The van der Waals surface area contributed by atoms with E-state index in [1.165, 1.54) is 95.0 Å². The minimum atomic E-state index is 0.260. The normalized spacial score (nSPS) is 11.0. The second kappa shape index (κ2) is 21.9. The van der Waals surface area contributed by atoms with E-state index < -0.39 is 0 Å². The number of nitrogens with one attached hydrogen (secondary N) is 1. The number of amides is 1. The van der Waals surface area contributed by atoms with Gasteiger partial charge in [0.2, 0.25) is 5.91 Å². The Bertz CT molecular complexity index is 271. The number of rotatable bonds is 20. The number of unbranched alkanes of at least 4 members (excludes halogenated alkanes) is 12. The van der Waals surface area contributed by atoms with Crippen LogP contribution in [-0.2, 0) is 4.79 Å². The second-order valence-electron chi connectivity index (χ2n) is 7.31. The molecule has 0 aliphatic heterocycles. The van der Waals surface area contributed by atoms with E-state index in [1.54, 1.807) is 0 Å². The molecule has 0 aliphatic carbocycles. The lowest BCUT2D eigenvalue weighted by molar-refractivity contribution is -0.121. The zero-order chi connectivity index (χ0) is 18.4. The highest BCUT2D eigenvalue weighted by Gasteiger charge is 2.00. The quantitative estimate of drug-likeness (QED) is 0.231. The Labute approximate surface area is 162 Å². The highest BCUT2D eigenvalue weighted by Crippen LogP contribution is 2.12. The molecule has 1 N–H and O–H groups in total. The summed E-state index contributed by atoms with van der Waals surface area (Å²) in [6.07, 6.45) is 20.3. The molecular weight excluding hydrogens is 326 g/mol. The second-order valence-corrected chi connectivity index (χ2v) is 8.53. The Kier molecular flexibility index (Phi) is 21.7. The van der Waals surface area contributed by atoms with Crippen molar-refractivity contribution in [2.45, 2.75) is 117 Å². The Morgan fingerprint density at radius 1 is 0.640 bits per heavy atom. The van der Waals surface area contributed by atoms with Crippen LogP contribution in [-0.4, -0.2) is 24.0 Å². The maximum atomic E-state index is 11.7. The number of hydrogen-bond donors (Lipinski definition) is 1. The molecule has 150 valence electrons. The van der Waals surface area contributed by atoms with Gasteiger partial charge in [0.05, 0.1) is 0 Å². The zero-order valence-electron chi connectivity index (χ0n) is 17.3. The lowest BCUT2D eigenvalue weighted by Crippen LogP contribution is -2.23. The molecule has 3 heteroatoms. The van der Waals surface area contributed by atoms with Crippen LogP contribution in [0.1, 0.15) is 117 Å². The molecule has 0 fully saturated rings. The summed E-state index contributed by atoms with van der Waals surface area (Å²) in [5, 5.41) is 3.06. The lowest BCUT2D eigenvalue weighted by Gasteiger charge is -2.05. The third-order valence-electron chi connectivity index (χ3n) is 4.69. The van der Waals surface area contributed by atoms with Crippen LogP contribution in [0, 0.1) is 0 Å². The van der Waals surface area contributed by atoms with Gasteiger partial charge in [-0.25, -0.2) is 0 Å². The van der Waals surface area contributed by atoms with Gasteiger partial charge in [-0.2, -0.15) is 11.8 Å². The molecule has 0 radical (unpaired) electrons. The smallest absolute Gasteiger partial charge is 0.219 e. The maximum Gasteiger partial charge on any atom is 0.219 e. The van der Waals surface area contributed by atoms with Crippen LogP contribution in [0.15, 0.2) is 0 Å². The van der Waals surface area contributed by atoms with Gasteiger partial charge in [-0.05, 0) is 37.2 Å². The number of carbonyl (C=O) groups is 1. The van der Waals surface area contributed by atoms with Gasteiger partial charge in [0, 0.05) is 13.0 Å². The average Bonchev–Trinajstić information content (AvgIpc) is 2.62. The van der Waals surface area contributed by atoms with Crippen molar-refractivity contribution < 1.29 is 4.79 Å². The summed E-state index contributed by atoms with van der Waals surface area (Å²) < 4.78 is 0. The predicted octanol–water partition coefficient (Wildman–Crippen LogP) is 7.12. The number of thioether (sulfide) groups is 1. The van der Waals surface area contributed by atoms with Gasteiger partial charge in [-0.1, -0.05) is 84.5 Å². The van der Waals surface area contributed by atoms with Crippen molar-refractivity contribution in [2.75, 3.05) is 18.1 Å². The summed E-state index contributed by atoms with van der Waals surface area (Å²) in [7, 11) is 0. The van der Waals surface area contributed by atoms with E-state index in [2.05, 4.69) is 30.9 Å². The van der Waals surface area contributed by atoms with E-state index in [0.717, 1.165) is 25.8 Å². The minimum absolute atomic E-state index is 0.260. The van der Waals surface area contributed by atoms with Crippen molar-refractivity contribution in [3.8, 4) is 0 Å². The van der Waals surface area contributed by atoms with E-state index >= 15 is 0 Å². The molecule has 0 spiro atoms. The third kappa shape index (κ3) is 21.8. The van der Waals surface area contributed by atoms with Gasteiger partial charge in [0.25, 0.3) is 0 Å². The van der Waals surface area contributed by atoms with Gasteiger partial charge in [-0.3, -0.25) is 4.79 Å². The molecule has 0 saturated carbocycles. The molecule has 2 nitrogen and oxygen atoms in total. The SMILES string of the molecule is CCCCCCCNC(=O)CCCCCCCCCCSCCCC. The van der Waals surface area contributed by atoms with Crippen molar-refractivity contribution in [3.05, 3.63) is 0 Å². The summed E-state index contributed by atoms with van der Waals surface area (Å²) in [4.78, 5) is 11.7. The molecule has 0 aromatic heterocycles. The topological polar surface area (TPSA) is 29.1 Å². The predicted molar refractivity (Wildman–Crippen MR) is 116 cm³/mol. The van der Waals surface area contributed by atoms with Crippen LogP contribution in [0.2, 0.25) is 0 Å². The summed E-state index contributed by atoms with van der Waals surface area (Å²) in [6, 6.07) is 0. The van der Waals surface area contributed by atoms with Crippen molar-refractivity contribution in [1.82, 2.24) is 5.32 Å². The van der Waals surface area contributed by atoms with E-state index in [1.807, 2.05) is 0 Å². The molecule has 0 saturated heterocycles. The van der Waals surface area contributed by atoms with E-state index in [0.29, 0.717) is 0 Å². The first-order valence-corrected chi connectivity index (χ1v) is 12.3. The van der Waals surface area contributed by atoms with E-state index in [4.69, 9.17) is 0 Å². The van der Waals surface area contributed by atoms with Gasteiger partial charge in [-0.15, -0.1) is 0 Å². The summed E-state index contributed by atoms with van der Waals surface area (Å²) in [6.45, 7) is 5.37. The van der Waals surface area contributed by atoms with Gasteiger partial charge in [0.1, 0.15) is 0 Å². The molecule has 0 heterocycles. The van der Waals surface area contributed by atoms with Crippen LogP contribution >= 0.6 is 11.8 Å². The fourth-order valence-electron chi connectivity index (χ4n) is 2.94. The Hall–Kier alpha value is -0.180. The average molecular weight is 372 g/mol. The molecule has 0 aliphatic rings. The van der Waals surface area contributed by atoms with Crippen molar-refractivity contribution in [1.29, 1.82) is 0 Å². The van der Waals surface area contributed by atoms with Crippen molar-refractivity contribution in [3.63, 3.8) is 0 Å². The Morgan fingerprint density at radius 3 is 1.84 bits per heavy atom. The van der Waals surface area contributed by atoms with Crippen LogP contribution < -0.4 is 5.32 Å². The number of carbonyl (C=O) groups excluding carboxylic acids is 1. The molecule has 0 rings (SSSR count). The molecule has 0 atom stereocenters. The van der Waals surface area contributed by atoms with Crippen LogP contribution in [0.4, 0.5) is 0 Å². The first-order valence-electron chi connectivity index (χ1n) is 11.2. The van der Waals surface area contributed by atoms with Crippen LogP contribution in [0.3, 0.4) is 0 Å². The maximum absolute atomic E-state index is 11.7. The van der Waals surface area contributed by atoms with Gasteiger partial charge in [0.15, 0.2) is 0 Å². The lowest BCUT2D eigenvalue weighted by atomic mass is 10.1. The number of hydrogen-bond acceptors (Lipinski definition) is 2. The van der Waals surface area contributed by atoms with E-state index in [-0.39, 0.29) is 5.91 Å². The van der Waals surface area contributed by atoms with Gasteiger partial charge >= 0.3 is 0 Å². The summed E-state index contributed by atoms with van der Waals surface area (Å²) >= 11 is 2.13. The van der Waals surface area contributed by atoms with Crippen molar-refractivity contribution in [2.24, 2.45) is 0 Å². The molecule has 0 bridgehead atoms. The first-order chi connectivity index (χ1) is 12.3. The Balaban J connectivity index is 3.11. The molecule has 0 aromatic carbocycles. The standard InChI is InChI=1S/C22H45NOS/c1-3-5-7-13-16-19-23-22(24)18-15-12-10-8-9-11-14-17-21-25-20-6-4-2/h3-21H2,1-2H3,(H,23,24). The summed E-state index contributed by atoms with van der Waals surface area (Å²) in [5.41, 5.74) is 0. The molecule has 25 heavy (non-hydrogen) atoms. The first kappa shape index (κ1) is 24.8. The van der Waals surface area contributed by atoms with E-state index in [9.17, 15) is 4.79 Å². The molecule has 1 amide bonds. The van der Waals surface area contributed by atoms with Crippen LogP contribution in [0.5, 0.6) is 0 Å². The largest absolute Gasteiger partial charge is 0.356 e. The fraction of sp³-hybridized carbons (Fsp3) is 0.955. The fourth-order valence-corrected chi connectivity index (χ4v) is 4.05. The highest BCUT2D eigenvalue weighted by atomic mass is 32.2. The Morgan fingerprint density at radius 2 is 1.16 bits per heavy atom. The zero-order valence-corrected chi connectivity index (χ0v) is 18.1. The van der Waals surface area contributed by atoms with Crippen LogP contribution in [0.25, 0.3) is 0 Å². The monoisotopic (exact) mass is 371 g/mol. The van der Waals surface area contributed by atoms with Crippen molar-refractivity contribution >= 4 is 17.7 Å². The molecular formula is C22H45NOS. The third-order valence-corrected chi connectivity index (χ3v) is 5.84. The van der Waals surface area contributed by atoms with Gasteiger partial charge < -0.3 is 5.32 Å². The highest BCUT2D eigenvalue weighted by molar-refractivity contribution is 7.99. The molecule has 0 unspecified atom stereocenters. The molecule has 0 aromatic rings.